The van der Waals surface area contributed by atoms with Gasteiger partial charge in [0, 0.05) is 5.92 Å². The predicted molar refractivity (Wildman–Crippen MR) is 128 cm³/mol. The predicted octanol–water partition coefficient (Wildman–Crippen LogP) is 4.11. The van der Waals surface area contributed by atoms with Crippen LogP contribution in [0.25, 0.3) is 0 Å². The van der Waals surface area contributed by atoms with Gasteiger partial charge in [-0.1, -0.05) is 52.7 Å². The van der Waals surface area contributed by atoms with Gasteiger partial charge in [-0.25, -0.2) is 0 Å². The highest BCUT2D eigenvalue weighted by molar-refractivity contribution is 5.70. The molecule has 0 fully saturated rings. The molecule has 0 bridgehead atoms. The lowest BCUT2D eigenvalue weighted by atomic mass is 9.95. The number of carboxylic acid groups (broad SMARTS) is 3. The summed E-state index contributed by atoms with van der Waals surface area (Å²) < 4.78 is 0.197. The Kier molecular flexibility index (Phi) is 16.6. The first-order chi connectivity index (χ1) is 15.7. The number of quaternary nitrogens is 1. The van der Waals surface area contributed by atoms with Gasteiger partial charge < -0.3 is 24.6 Å². The van der Waals surface area contributed by atoms with E-state index in [0.29, 0.717) is 25.8 Å². The van der Waals surface area contributed by atoms with E-state index in [1.165, 1.54) is 19.3 Å². The van der Waals surface area contributed by atoms with E-state index in [0.717, 1.165) is 25.7 Å². The molecule has 0 saturated carbocycles. The second-order valence-electron chi connectivity index (χ2n) is 9.39. The zero-order valence-electron chi connectivity index (χ0n) is 21.3. The zero-order chi connectivity index (χ0) is 25.3. The van der Waals surface area contributed by atoms with Crippen molar-refractivity contribution in [1.29, 1.82) is 0 Å². The molecule has 3 unspecified atom stereocenters. The molecule has 0 radical (unpaired) electrons. The Bertz CT molecular complexity index is 544. The lowest BCUT2D eigenvalue weighted by Gasteiger charge is -2.44. The lowest BCUT2D eigenvalue weighted by Crippen LogP contribution is -2.59. The minimum absolute atomic E-state index is 0.197. The molecule has 0 aliphatic heterocycles. The van der Waals surface area contributed by atoms with Crippen LogP contribution in [-0.2, 0) is 14.4 Å². The summed E-state index contributed by atoms with van der Waals surface area (Å²) in [7, 11) is 0. The van der Waals surface area contributed by atoms with Crippen molar-refractivity contribution in [2.75, 3.05) is 26.2 Å². The molecule has 7 nitrogen and oxygen atoms in total. The Balaban J connectivity index is 5.62. The first-order valence-electron chi connectivity index (χ1n) is 12.8. The summed E-state index contributed by atoms with van der Waals surface area (Å²) in [6, 6.07) is 0. The van der Waals surface area contributed by atoms with E-state index < -0.39 is 35.7 Å². The van der Waals surface area contributed by atoms with Crippen LogP contribution >= 0.6 is 0 Å². The topological polar surface area (TPSA) is 115 Å². The second-order valence-corrected chi connectivity index (χ2v) is 9.39. The summed E-state index contributed by atoms with van der Waals surface area (Å²) in [4.78, 5) is 35.4. The maximum Gasteiger partial charge on any atom is 0.312 e. The Morgan fingerprint density at radius 3 is 1.52 bits per heavy atom. The van der Waals surface area contributed by atoms with Gasteiger partial charge >= 0.3 is 11.9 Å². The Labute approximate surface area is 200 Å². The zero-order valence-corrected chi connectivity index (χ0v) is 21.3. The summed E-state index contributed by atoms with van der Waals surface area (Å²) in [6.45, 7) is 8.83. The third-order valence-corrected chi connectivity index (χ3v) is 6.73. The van der Waals surface area contributed by atoms with Gasteiger partial charge in [-0.2, -0.15) is 0 Å². The first kappa shape index (κ1) is 31.1. The van der Waals surface area contributed by atoms with Crippen molar-refractivity contribution in [3.8, 4) is 0 Å². The third-order valence-electron chi connectivity index (χ3n) is 6.73. The molecule has 0 aliphatic rings. The van der Waals surface area contributed by atoms with Crippen molar-refractivity contribution in [3.05, 3.63) is 12.2 Å². The Morgan fingerprint density at radius 2 is 1.15 bits per heavy atom. The van der Waals surface area contributed by atoms with Gasteiger partial charge in [0.05, 0.1) is 32.1 Å². The number of hydrogen-bond acceptors (Lipinski definition) is 4. The normalized spacial score (nSPS) is 16.2. The number of carbonyl (C=O) groups is 3. The second kappa shape index (κ2) is 17.6. The highest BCUT2D eigenvalue weighted by atomic mass is 16.4. The van der Waals surface area contributed by atoms with Gasteiger partial charge in [-0.05, 0) is 51.4 Å². The van der Waals surface area contributed by atoms with E-state index in [1.807, 2.05) is 0 Å². The van der Waals surface area contributed by atoms with Crippen LogP contribution < -0.4 is 5.11 Å². The van der Waals surface area contributed by atoms with Crippen LogP contribution in [0.15, 0.2) is 12.2 Å². The molecule has 192 valence electrons. The van der Waals surface area contributed by atoms with E-state index in [9.17, 15) is 29.7 Å². The van der Waals surface area contributed by atoms with Crippen LogP contribution in [0, 0.1) is 17.8 Å². The molecule has 0 amide bonds. The van der Waals surface area contributed by atoms with E-state index in [2.05, 4.69) is 19.1 Å². The van der Waals surface area contributed by atoms with Crippen molar-refractivity contribution < 1.29 is 34.2 Å². The van der Waals surface area contributed by atoms with E-state index >= 15 is 0 Å². The summed E-state index contributed by atoms with van der Waals surface area (Å²) in [6.07, 6.45) is 12.9. The molecule has 2 N–H and O–H groups in total. The summed E-state index contributed by atoms with van der Waals surface area (Å²) >= 11 is 0. The van der Waals surface area contributed by atoms with Crippen LogP contribution in [0.5, 0.6) is 0 Å². The molecule has 3 atom stereocenters. The monoisotopic (exact) mass is 469 g/mol. The lowest BCUT2D eigenvalue weighted by molar-refractivity contribution is -0.935. The average Bonchev–Trinajstić information content (AvgIpc) is 2.77. The largest absolute Gasteiger partial charge is 0.550 e. The number of carbonyl (C=O) groups excluding carboxylic acids is 1. The highest BCUT2D eigenvalue weighted by Crippen LogP contribution is 2.25. The minimum Gasteiger partial charge on any atom is -0.550 e. The average molecular weight is 470 g/mol. The maximum absolute atomic E-state index is 11.8. The van der Waals surface area contributed by atoms with E-state index in [1.54, 1.807) is 20.8 Å². The smallest absolute Gasteiger partial charge is 0.312 e. The molecule has 0 aromatic rings. The number of carboxylic acids is 3. The number of rotatable bonds is 21. The van der Waals surface area contributed by atoms with Crippen LogP contribution in [-0.4, -0.2) is 58.8 Å². The van der Waals surface area contributed by atoms with Gasteiger partial charge in [0.15, 0.2) is 0 Å². The summed E-state index contributed by atoms with van der Waals surface area (Å²) in [5.41, 5.74) is 0. The summed E-state index contributed by atoms with van der Waals surface area (Å²) in [5.74, 6) is -5.01. The standard InChI is InChI=1S/C26H47NO6/c1-5-9-10-11-12-13-14-15-16-17-27(18-21(6-2)24(28)29,19-22(7-3)25(30)31)20-23(8-4)26(32)33/h12-13,21-23H,5-11,14-20H2,1-4H3,(H2-,28,29,30,31,32,33)/b13-12+. The number of aliphatic carboxylic acids is 3. The molecule has 0 aromatic carbocycles. The number of nitrogens with zero attached hydrogens (tertiary/aromatic N) is 1. The molecule has 7 heteroatoms. The maximum atomic E-state index is 11.8. The van der Waals surface area contributed by atoms with E-state index in [4.69, 9.17) is 0 Å². The van der Waals surface area contributed by atoms with Gasteiger partial charge in [-0.15, -0.1) is 0 Å². The Hall–Kier alpha value is -1.89. The number of unbranched alkanes of at least 4 members (excludes halogenated alkanes) is 5. The quantitative estimate of drug-likeness (QED) is 0.149. The molecule has 0 aromatic heterocycles. The van der Waals surface area contributed by atoms with Crippen LogP contribution in [0.4, 0.5) is 0 Å². The van der Waals surface area contributed by atoms with Crippen LogP contribution in [0.2, 0.25) is 0 Å². The molecule has 0 aliphatic carbocycles. The SMILES string of the molecule is CCCCC/C=C/CCCC[N+](CC(CC)C(=O)[O-])(CC(CC)C(=O)O)CC(CC)C(=O)O. The molecule has 0 spiro atoms. The molecule has 0 rings (SSSR count). The van der Waals surface area contributed by atoms with Crippen molar-refractivity contribution in [1.82, 2.24) is 0 Å². The van der Waals surface area contributed by atoms with Crippen molar-refractivity contribution in [2.45, 2.75) is 91.9 Å². The van der Waals surface area contributed by atoms with Gasteiger partial charge in [0.2, 0.25) is 0 Å². The fourth-order valence-electron chi connectivity index (χ4n) is 4.49. The first-order valence-corrected chi connectivity index (χ1v) is 12.8. The van der Waals surface area contributed by atoms with Crippen LogP contribution in [0.1, 0.15) is 91.9 Å². The highest BCUT2D eigenvalue weighted by Gasteiger charge is 2.39. The number of allylic oxidation sites excluding steroid dienone is 2. The summed E-state index contributed by atoms with van der Waals surface area (Å²) in [5, 5.41) is 31.2. The molecular formula is C26H47NO6. The molecular weight excluding hydrogens is 422 g/mol. The Morgan fingerprint density at radius 1 is 0.727 bits per heavy atom. The van der Waals surface area contributed by atoms with Gasteiger partial charge in [0.25, 0.3) is 0 Å². The van der Waals surface area contributed by atoms with Crippen molar-refractivity contribution in [3.63, 3.8) is 0 Å². The fourth-order valence-corrected chi connectivity index (χ4v) is 4.49. The third kappa shape index (κ3) is 12.8. The fraction of sp³-hybridized carbons (Fsp3) is 0.808. The molecule has 33 heavy (non-hydrogen) atoms. The van der Waals surface area contributed by atoms with Crippen LogP contribution in [0.3, 0.4) is 0 Å². The number of hydrogen-bond donors (Lipinski definition) is 2. The van der Waals surface area contributed by atoms with Crippen molar-refractivity contribution >= 4 is 17.9 Å². The minimum atomic E-state index is -1.15. The molecule has 0 heterocycles. The van der Waals surface area contributed by atoms with Gasteiger partial charge in [-0.3, -0.25) is 9.59 Å². The molecule has 0 saturated heterocycles. The van der Waals surface area contributed by atoms with E-state index in [-0.39, 0.29) is 24.1 Å². The van der Waals surface area contributed by atoms with Gasteiger partial charge in [0.1, 0.15) is 11.8 Å². The van der Waals surface area contributed by atoms with Crippen molar-refractivity contribution in [2.24, 2.45) is 17.8 Å².